The van der Waals surface area contributed by atoms with Gasteiger partial charge in [-0.1, -0.05) is 50.2 Å². The Morgan fingerprint density at radius 1 is 1.00 bits per heavy atom. The van der Waals surface area contributed by atoms with Gasteiger partial charge in [-0.15, -0.1) is 0 Å². The molecule has 112 valence electrons. The molecular weight excluding hydrogens is 258 g/mol. The lowest BCUT2D eigenvalue weighted by Gasteiger charge is -2.13. The number of benzene rings is 2. The second-order valence-electron chi connectivity index (χ2n) is 5.82. The number of nitrogens with two attached hydrogens (primary N) is 1. The third-order valence-electron chi connectivity index (χ3n) is 3.73. The molecule has 2 aromatic rings. The van der Waals surface area contributed by atoms with Crippen molar-refractivity contribution in [3.8, 4) is 5.75 Å². The minimum atomic E-state index is 0.517. The van der Waals surface area contributed by atoms with Crippen molar-refractivity contribution in [3.63, 3.8) is 0 Å². The summed E-state index contributed by atoms with van der Waals surface area (Å²) in [7, 11) is 0. The van der Waals surface area contributed by atoms with Crippen molar-refractivity contribution in [2.75, 3.05) is 6.54 Å². The minimum absolute atomic E-state index is 0.517. The minimum Gasteiger partial charge on any atom is -0.489 e. The Balaban J connectivity index is 2.03. The Morgan fingerprint density at radius 3 is 2.29 bits per heavy atom. The molecule has 0 fully saturated rings. The van der Waals surface area contributed by atoms with Crippen LogP contribution in [0.25, 0.3) is 0 Å². The highest BCUT2D eigenvalue weighted by molar-refractivity contribution is 5.38. The highest BCUT2D eigenvalue weighted by Gasteiger charge is 2.05. The zero-order valence-corrected chi connectivity index (χ0v) is 13.2. The molecular formula is C19H25NO. The van der Waals surface area contributed by atoms with Gasteiger partial charge in [-0.3, -0.25) is 0 Å². The average molecular weight is 283 g/mol. The first kappa shape index (κ1) is 15.6. The van der Waals surface area contributed by atoms with Gasteiger partial charge in [0.05, 0.1) is 0 Å². The number of hydrogen-bond donors (Lipinski definition) is 1. The van der Waals surface area contributed by atoms with E-state index in [4.69, 9.17) is 10.5 Å². The van der Waals surface area contributed by atoms with Crippen molar-refractivity contribution in [2.24, 2.45) is 5.73 Å². The normalized spacial score (nSPS) is 10.9. The molecule has 0 saturated heterocycles. The molecule has 2 N–H and O–H groups in total. The first-order valence-corrected chi connectivity index (χ1v) is 7.61. The molecule has 0 aliphatic rings. The van der Waals surface area contributed by atoms with E-state index in [0.717, 1.165) is 12.2 Å². The van der Waals surface area contributed by atoms with E-state index in [1.807, 2.05) is 0 Å². The summed E-state index contributed by atoms with van der Waals surface area (Å²) >= 11 is 0. The molecule has 21 heavy (non-hydrogen) atoms. The maximum atomic E-state index is 5.99. The second-order valence-corrected chi connectivity index (χ2v) is 5.82. The molecule has 0 atom stereocenters. The molecule has 2 heteroatoms. The molecule has 2 aromatic carbocycles. The summed E-state index contributed by atoms with van der Waals surface area (Å²) in [5, 5.41) is 0. The molecule has 0 unspecified atom stereocenters. The molecule has 0 radical (unpaired) electrons. The van der Waals surface area contributed by atoms with Crippen LogP contribution in [-0.2, 0) is 13.0 Å². The fourth-order valence-corrected chi connectivity index (χ4v) is 2.26. The molecule has 2 nitrogen and oxygen atoms in total. The van der Waals surface area contributed by atoms with E-state index in [9.17, 15) is 0 Å². The first-order valence-electron chi connectivity index (χ1n) is 7.61. The molecule has 2 rings (SSSR count). The predicted octanol–water partition coefficient (Wildman–Crippen LogP) is 4.20. The van der Waals surface area contributed by atoms with Crippen LogP contribution in [0.5, 0.6) is 5.75 Å². The molecule has 0 aliphatic carbocycles. The fourth-order valence-electron chi connectivity index (χ4n) is 2.26. The number of ether oxygens (including phenoxy) is 1. The van der Waals surface area contributed by atoms with Crippen molar-refractivity contribution >= 4 is 0 Å². The summed E-state index contributed by atoms with van der Waals surface area (Å²) < 4.78 is 5.99. The van der Waals surface area contributed by atoms with Crippen LogP contribution < -0.4 is 10.5 Å². The molecule has 0 saturated carbocycles. The van der Waals surface area contributed by atoms with E-state index >= 15 is 0 Å². The van der Waals surface area contributed by atoms with Crippen LogP contribution in [0.1, 0.15) is 42.0 Å². The SMILES string of the molecule is Cc1ccc(C(C)C)cc1OCc1ccc(CCN)cc1. The van der Waals surface area contributed by atoms with Gasteiger partial charge < -0.3 is 10.5 Å². The number of rotatable bonds is 6. The van der Waals surface area contributed by atoms with Crippen LogP contribution in [0.4, 0.5) is 0 Å². The maximum Gasteiger partial charge on any atom is 0.122 e. The second kappa shape index (κ2) is 7.28. The molecule has 0 bridgehead atoms. The third kappa shape index (κ3) is 4.33. The Bertz CT molecular complexity index is 573. The van der Waals surface area contributed by atoms with E-state index in [-0.39, 0.29) is 0 Å². The van der Waals surface area contributed by atoms with Crippen molar-refractivity contribution in [1.29, 1.82) is 0 Å². The van der Waals surface area contributed by atoms with Crippen LogP contribution in [0.2, 0.25) is 0 Å². The first-order chi connectivity index (χ1) is 10.1. The highest BCUT2D eigenvalue weighted by Crippen LogP contribution is 2.25. The monoisotopic (exact) mass is 283 g/mol. The van der Waals surface area contributed by atoms with Gasteiger partial charge in [-0.25, -0.2) is 0 Å². The number of hydrogen-bond acceptors (Lipinski definition) is 2. The predicted molar refractivity (Wildman–Crippen MR) is 88.8 cm³/mol. The van der Waals surface area contributed by atoms with E-state index in [0.29, 0.717) is 19.1 Å². The smallest absolute Gasteiger partial charge is 0.122 e. The summed E-state index contributed by atoms with van der Waals surface area (Å²) in [4.78, 5) is 0. The summed E-state index contributed by atoms with van der Waals surface area (Å²) in [6, 6.07) is 15.0. The molecule has 0 amide bonds. The Morgan fingerprint density at radius 2 is 1.67 bits per heavy atom. The highest BCUT2D eigenvalue weighted by atomic mass is 16.5. The lowest BCUT2D eigenvalue weighted by Crippen LogP contribution is -2.03. The lowest BCUT2D eigenvalue weighted by atomic mass is 10.0. The van der Waals surface area contributed by atoms with Crippen LogP contribution in [0, 0.1) is 6.92 Å². The molecule has 0 heterocycles. The Kier molecular flexibility index (Phi) is 5.40. The van der Waals surface area contributed by atoms with E-state index in [2.05, 4.69) is 63.2 Å². The summed E-state index contributed by atoms with van der Waals surface area (Å²) in [5.41, 5.74) is 10.5. The van der Waals surface area contributed by atoms with Crippen LogP contribution in [0.3, 0.4) is 0 Å². The van der Waals surface area contributed by atoms with Crippen molar-refractivity contribution < 1.29 is 4.74 Å². The van der Waals surface area contributed by atoms with Gasteiger partial charge in [0.2, 0.25) is 0 Å². The van der Waals surface area contributed by atoms with Gasteiger partial charge in [0.1, 0.15) is 12.4 Å². The van der Waals surface area contributed by atoms with Gasteiger partial charge in [-0.05, 0) is 54.1 Å². The quantitative estimate of drug-likeness (QED) is 0.862. The van der Waals surface area contributed by atoms with Crippen LogP contribution in [-0.4, -0.2) is 6.54 Å². The van der Waals surface area contributed by atoms with Crippen molar-refractivity contribution in [3.05, 3.63) is 64.7 Å². The summed E-state index contributed by atoms with van der Waals surface area (Å²) in [6.45, 7) is 7.78. The largest absolute Gasteiger partial charge is 0.489 e. The van der Waals surface area contributed by atoms with Crippen molar-refractivity contribution in [2.45, 2.75) is 39.7 Å². The van der Waals surface area contributed by atoms with Crippen molar-refractivity contribution in [1.82, 2.24) is 0 Å². The topological polar surface area (TPSA) is 35.2 Å². The number of aryl methyl sites for hydroxylation is 1. The Hall–Kier alpha value is -1.80. The zero-order chi connectivity index (χ0) is 15.2. The van der Waals surface area contributed by atoms with Crippen LogP contribution in [0.15, 0.2) is 42.5 Å². The van der Waals surface area contributed by atoms with E-state index in [1.165, 1.54) is 22.3 Å². The summed E-state index contributed by atoms with van der Waals surface area (Å²) in [6.07, 6.45) is 0.927. The zero-order valence-electron chi connectivity index (χ0n) is 13.2. The van der Waals surface area contributed by atoms with Gasteiger partial charge in [-0.2, -0.15) is 0 Å². The molecule has 0 aliphatic heterocycles. The third-order valence-corrected chi connectivity index (χ3v) is 3.73. The summed E-state index contributed by atoms with van der Waals surface area (Å²) in [5.74, 6) is 1.50. The van der Waals surface area contributed by atoms with Gasteiger partial charge in [0, 0.05) is 0 Å². The van der Waals surface area contributed by atoms with E-state index in [1.54, 1.807) is 0 Å². The Labute approximate surface area is 127 Å². The van der Waals surface area contributed by atoms with E-state index < -0.39 is 0 Å². The molecule has 0 spiro atoms. The fraction of sp³-hybridized carbons (Fsp3) is 0.368. The average Bonchev–Trinajstić information content (AvgIpc) is 2.48. The van der Waals surface area contributed by atoms with Gasteiger partial charge in [0.25, 0.3) is 0 Å². The molecule has 0 aromatic heterocycles. The standard InChI is InChI=1S/C19H25NO/c1-14(2)18-9-4-15(3)19(12-18)21-13-17-7-5-16(6-8-17)10-11-20/h4-9,12,14H,10-11,13,20H2,1-3H3. The maximum absolute atomic E-state index is 5.99. The van der Waals surface area contributed by atoms with Gasteiger partial charge >= 0.3 is 0 Å². The lowest BCUT2D eigenvalue weighted by molar-refractivity contribution is 0.303. The van der Waals surface area contributed by atoms with Gasteiger partial charge in [0.15, 0.2) is 0 Å². The van der Waals surface area contributed by atoms with Crippen LogP contribution >= 0.6 is 0 Å².